The Bertz CT molecular complexity index is 835. The number of methoxy groups -OCH3 is 1. The lowest BCUT2D eigenvalue weighted by Crippen LogP contribution is -2.50. The largest absolute Gasteiger partial charge is 0.495 e. The molecule has 136 valence electrons. The number of hydrogen-bond donors (Lipinski definition) is 1. The first-order valence-electron chi connectivity index (χ1n) is 8.13. The van der Waals surface area contributed by atoms with Gasteiger partial charge in [-0.05, 0) is 24.3 Å². The van der Waals surface area contributed by atoms with Crippen molar-refractivity contribution >= 4 is 29.1 Å². The van der Waals surface area contributed by atoms with Crippen LogP contribution in [-0.4, -0.2) is 59.9 Å². The number of ether oxygens (including phenoxy) is 1. The Morgan fingerprint density at radius 1 is 1.12 bits per heavy atom. The average Bonchev–Trinajstić information content (AvgIpc) is 2.68. The summed E-state index contributed by atoms with van der Waals surface area (Å²) >= 11 is 6.04. The molecule has 2 aromatic rings. The Labute approximate surface area is 156 Å². The summed E-state index contributed by atoms with van der Waals surface area (Å²) in [6, 6.07) is 6.56. The van der Waals surface area contributed by atoms with E-state index in [0.29, 0.717) is 53.8 Å². The van der Waals surface area contributed by atoms with Gasteiger partial charge >= 0.3 is 0 Å². The van der Waals surface area contributed by atoms with E-state index >= 15 is 0 Å². The van der Waals surface area contributed by atoms with Crippen LogP contribution in [0.25, 0.3) is 0 Å². The van der Waals surface area contributed by atoms with Gasteiger partial charge in [0.25, 0.3) is 11.8 Å². The average molecular weight is 375 g/mol. The van der Waals surface area contributed by atoms with Crippen molar-refractivity contribution in [2.75, 3.05) is 39.0 Å². The molecule has 0 spiro atoms. The molecule has 0 aliphatic carbocycles. The number of rotatable bonds is 3. The fourth-order valence-electron chi connectivity index (χ4n) is 2.86. The van der Waals surface area contributed by atoms with E-state index in [1.807, 2.05) is 0 Å². The first-order valence-corrected chi connectivity index (χ1v) is 8.50. The second-order valence-electron chi connectivity index (χ2n) is 5.90. The smallest absolute Gasteiger partial charge is 0.255 e. The highest BCUT2D eigenvalue weighted by Crippen LogP contribution is 2.23. The number of anilines is 1. The normalized spacial score (nSPS) is 14.2. The summed E-state index contributed by atoms with van der Waals surface area (Å²) in [6.07, 6.45) is 2.98. The zero-order chi connectivity index (χ0) is 18.7. The van der Waals surface area contributed by atoms with Gasteiger partial charge in [-0.2, -0.15) is 0 Å². The minimum atomic E-state index is -0.154. The van der Waals surface area contributed by atoms with Crippen LogP contribution in [0, 0.1) is 0 Å². The van der Waals surface area contributed by atoms with Crippen molar-refractivity contribution in [2.24, 2.45) is 0 Å². The molecule has 1 fully saturated rings. The molecule has 8 heteroatoms. The minimum absolute atomic E-state index is 0.114. The van der Waals surface area contributed by atoms with Gasteiger partial charge in [0.2, 0.25) is 0 Å². The highest BCUT2D eigenvalue weighted by atomic mass is 35.5. The number of amides is 2. The molecular weight excluding hydrogens is 356 g/mol. The van der Waals surface area contributed by atoms with Crippen molar-refractivity contribution in [1.82, 2.24) is 14.8 Å². The van der Waals surface area contributed by atoms with Crippen molar-refractivity contribution in [3.63, 3.8) is 0 Å². The number of nitrogens with two attached hydrogens (primary N) is 1. The molecule has 7 nitrogen and oxygen atoms in total. The number of hydrogen-bond acceptors (Lipinski definition) is 5. The third-order valence-electron chi connectivity index (χ3n) is 4.34. The molecule has 1 aliphatic rings. The van der Waals surface area contributed by atoms with Crippen molar-refractivity contribution in [2.45, 2.75) is 0 Å². The van der Waals surface area contributed by atoms with E-state index in [9.17, 15) is 9.59 Å². The van der Waals surface area contributed by atoms with Crippen LogP contribution in [0.1, 0.15) is 20.7 Å². The maximum atomic E-state index is 12.7. The third-order valence-corrected chi connectivity index (χ3v) is 4.64. The molecule has 26 heavy (non-hydrogen) atoms. The first kappa shape index (κ1) is 18.0. The van der Waals surface area contributed by atoms with Gasteiger partial charge < -0.3 is 20.3 Å². The molecule has 1 saturated heterocycles. The van der Waals surface area contributed by atoms with Gasteiger partial charge in [-0.1, -0.05) is 11.6 Å². The van der Waals surface area contributed by atoms with Crippen molar-refractivity contribution in [3.05, 3.63) is 52.8 Å². The van der Waals surface area contributed by atoms with E-state index < -0.39 is 0 Å². The van der Waals surface area contributed by atoms with E-state index in [-0.39, 0.29) is 11.8 Å². The predicted octanol–water partition coefficient (Wildman–Crippen LogP) is 1.92. The Morgan fingerprint density at radius 2 is 1.77 bits per heavy atom. The molecular formula is C18H19ClN4O3. The number of aromatic nitrogens is 1. The van der Waals surface area contributed by atoms with Crippen LogP contribution in [0.15, 0.2) is 36.7 Å². The quantitative estimate of drug-likeness (QED) is 0.829. The molecule has 0 saturated carbocycles. The number of benzene rings is 1. The number of nitrogen functional groups attached to an aromatic ring is 1. The number of nitrogens with zero attached hydrogens (tertiary/aromatic N) is 3. The van der Waals surface area contributed by atoms with Crippen LogP contribution >= 0.6 is 11.6 Å². The summed E-state index contributed by atoms with van der Waals surface area (Å²) in [7, 11) is 1.51. The summed E-state index contributed by atoms with van der Waals surface area (Å²) in [5.41, 5.74) is 7.20. The van der Waals surface area contributed by atoms with E-state index in [1.54, 1.807) is 34.1 Å². The standard InChI is InChI=1S/C18H19ClN4O3/c1-26-16-10-12(2-3-15(16)20)17(24)22-6-8-23(9-7-22)18(25)13-4-5-21-11-14(13)19/h2-5,10-11H,6-9,20H2,1H3. The van der Waals surface area contributed by atoms with Crippen molar-refractivity contribution in [1.29, 1.82) is 0 Å². The van der Waals surface area contributed by atoms with E-state index in [1.165, 1.54) is 19.5 Å². The van der Waals surface area contributed by atoms with Gasteiger partial charge in [0.1, 0.15) is 5.75 Å². The van der Waals surface area contributed by atoms with Crippen molar-refractivity contribution < 1.29 is 14.3 Å². The molecule has 1 aliphatic heterocycles. The van der Waals surface area contributed by atoms with Gasteiger partial charge in [-0.3, -0.25) is 14.6 Å². The van der Waals surface area contributed by atoms with E-state index in [2.05, 4.69) is 4.98 Å². The summed E-state index contributed by atoms with van der Waals surface area (Å²) in [5.74, 6) is 0.202. The molecule has 0 radical (unpaired) electrons. The van der Waals surface area contributed by atoms with Crippen LogP contribution < -0.4 is 10.5 Å². The zero-order valence-corrected chi connectivity index (χ0v) is 15.1. The number of carbonyl (C=O) groups excluding carboxylic acids is 2. The van der Waals surface area contributed by atoms with Crippen molar-refractivity contribution in [3.8, 4) is 5.75 Å². The molecule has 3 rings (SSSR count). The Kier molecular flexibility index (Phi) is 5.27. The Balaban J connectivity index is 1.66. The maximum absolute atomic E-state index is 12.7. The van der Waals surface area contributed by atoms with Gasteiger partial charge in [0, 0.05) is 44.1 Å². The van der Waals surface area contributed by atoms with Gasteiger partial charge in [-0.25, -0.2) is 0 Å². The molecule has 1 aromatic heterocycles. The van der Waals surface area contributed by atoms with Crippen LogP contribution in [0.3, 0.4) is 0 Å². The highest BCUT2D eigenvalue weighted by Gasteiger charge is 2.26. The first-order chi connectivity index (χ1) is 12.5. The van der Waals surface area contributed by atoms with Crippen LogP contribution in [0.4, 0.5) is 5.69 Å². The number of halogens is 1. The number of piperazine rings is 1. The molecule has 2 N–H and O–H groups in total. The van der Waals surface area contributed by atoms with Gasteiger partial charge in [0.05, 0.1) is 23.4 Å². The second kappa shape index (κ2) is 7.61. The number of pyridine rings is 1. The summed E-state index contributed by atoms with van der Waals surface area (Å²) in [5, 5.41) is 0.324. The summed E-state index contributed by atoms with van der Waals surface area (Å²) < 4.78 is 5.17. The third kappa shape index (κ3) is 3.57. The Morgan fingerprint density at radius 3 is 2.38 bits per heavy atom. The minimum Gasteiger partial charge on any atom is -0.495 e. The van der Waals surface area contributed by atoms with Crippen LogP contribution in [0.5, 0.6) is 5.75 Å². The molecule has 2 heterocycles. The topological polar surface area (TPSA) is 88.8 Å². The van der Waals surface area contributed by atoms with Crippen LogP contribution in [0.2, 0.25) is 5.02 Å². The Hall–Kier alpha value is -2.80. The highest BCUT2D eigenvalue weighted by molar-refractivity contribution is 6.33. The second-order valence-corrected chi connectivity index (χ2v) is 6.30. The fraction of sp³-hybridized carbons (Fsp3) is 0.278. The molecule has 2 amide bonds. The maximum Gasteiger partial charge on any atom is 0.255 e. The monoisotopic (exact) mass is 374 g/mol. The lowest BCUT2D eigenvalue weighted by atomic mass is 10.1. The van der Waals surface area contributed by atoms with E-state index in [4.69, 9.17) is 22.1 Å². The fourth-order valence-corrected chi connectivity index (χ4v) is 3.06. The predicted molar refractivity (Wildman–Crippen MR) is 98.5 cm³/mol. The summed E-state index contributed by atoms with van der Waals surface area (Å²) in [6.45, 7) is 1.77. The van der Waals surface area contributed by atoms with Crippen LogP contribution in [-0.2, 0) is 0 Å². The number of carbonyl (C=O) groups is 2. The van der Waals surface area contributed by atoms with Gasteiger partial charge in [0.15, 0.2) is 0 Å². The molecule has 0 bridgehead atoms. The lowest BCUT2D eigenvalue weighted by molar-refractivity contribution is 0.0535. The molecule has 0 atom stereocenters. The summed E-state index contributed by atoms with van der Waals surface area (Å²) in [4.78, 5) is 32.5. The van der Waals surface area contributed by atoms with E-state index in [0.717, 1.165) is 0 Å². The lowest BCUT2D eigenvalue weighted by Gasteiger charge is -2.35. The molecule has 0 unspecified atom stereocenters. The zero-order valence-electron chi connectivity index (χ0n) is 14.3. The van der Waals surface area contributed by atoms with Gasteiger partial charge in [-0.15, -0.1) is 0 Å². The molecule has 1 aromatic carbocycles. The SMILES string of the molecule is COc1cc(C(=O)N2CCN(C(=O)c3ccncc3Cl)CC2)ccc1N.